The van der Waals surface area contributed by atoms with Gasteiger partial charge in [0.1, 0.15) is 9.84 Å². The molecule has 1 aliphatic carbocycles. The van der Waals surface area contributed by atoms with Crippen LogP contribution in [0.5, 0.6) is 0 Å². The van der Waals surface area contributed by atoms with Gasteiger partial charge in [0.05, 0.1) is 24.0 Å². The minimum absolute atomic E-state index is 0.0615. The van der Waals surface area contributed by atoms with Crippen LogP contribution >= 0.6 is 38.6 Å². The Hall–Kier alpha value is -1.83. The van der Waals surface area contributed by atoms with E-state index in [-0.39, 0.29) is 5.56 Å². The summed E-state index contributed by atoms with van der Waals surface area (Å²) in [5.74, 6) is 0. The van der Waals surface area contributed by atoms with Crippen LogP contribution in [-0.4, -0.2) is 14.5 Å². The second-order valence-electron chi connectivity index (χ2n) is 6.37. The van der Waals surface area contributed by atoms with Gasteiger partial charge in [-0.3, -0.25) is 9.36 Å². The Balaban J connectivity index is 1.50. The Morgan fingerprint density at radius 1 is 1.27 bits per heavy atom. The van der Waals surface area contributed by atoms with E-state index >= 15 is 0 Å². The fourth-order valence-corrected chi connectivity index (χ4v) is 5.87. The van der Waals surface area contributed by atoms with Gasteiger partial charge in [0.15, 0.2) is 0 Å². The summed E-state index contributed by atoms with van der Waals surface area (Å²) in [6.07, 6.45) is 4.89. The summed E-state index contributed by atoms with van der Waals surface area (Å²) in [5.41, 5.74) is 3.25. The zero-order valence-electron chi connectivity index (χ0n) is 13.7. The number of rotatable bonds is 3. The van der Waals surface area contributed by atoms with Crippen LogP contribution in [0.4, 0.5) is 0 Å². The molecule has 4 aromatic rings. The van der Waals surface area contributed by atoms with Gasteiger partial charge in [-0.2, -0.15) is 0 Å². The van der Waals surface area contributed by atoms with Gasteiger partial charge in [-0.15, -0.1) is 22.7 Å². The monoisotopic (exact) mass is 443 g/mol. The van der Waals surface area contributed by atoms with Gasteiger partial charge >= 0.3 is 0 Å². The molecule has 3 heterocycles. The zero-order valence-corrected chi connectivity index (χ0v) is 17.0. The molecule has 1 aliphatic rings. The molecule has 3 aromatic heterocycles. The maximum absolute atomic E-state index is 13.0. The van der Waals surface area contributed by atoms with Crippen LogP contribution < -0.4 is 5.56 Å². The molecule has 0 saturated carbocycles. The Kier molecular flexibility index (Phi) is 4.03. The molecule has 0 bridgehead atoms. The number of thiazole rings is 1. The highest BCUT2D eigenvalue weighted by Gasteiger charge is 2.21. The van der Waals surface area contributed by atoms with Crippen molar-refractivity contribution in [1.82, 2.24) is 14.5 Å². The average Bonchev–Trinajstić information content (AvgIpc) is 3.33. The van der Waals surface area contributed by atoms with E-state index in [4.69, 9.17) is 4.98 Å². The third kappa shape index (κ3) is 2.74. The molecule has 130 valence electrons. The summed E-state index contributed by atoms with van der Waals surface area (Å²) >= 11 is 6.77. The lowest BCUT2D eigenvalue weighted by Crippen LogP contribution is -2.21. The smallest absolute Gasteiger partial charge is 0.262 e. The molecule has 1 aromatic carbocycles. The summed E-state index contributed by atoms with van der Waals surface area (Å²) in [7, 11) is 0. The number of hydrogen-bond acceptors (Lipinski definition) is 5. The van der Waals surface area contributed by atoms with Crippen molar-refractivity contribution in [1.29, 1.82) is 0 Å². The van der Waals surface area contributed by atoms with Crippen LogP contribution in [0.3, 0.4) is 0 Å². The van der Waals surface area contributed by atoms with E-state index in [2.05, 4.69) is 27.0 Å². The minimum Gasteiger partial charge on any atom is -0.293 e. The molecule has 0 fully saturated rings. The van der Waals surface area contributed by atoms with Crippen LogP contribution in [0.25, 0.3) is 20.8 Å². The fourth-order valence-electron chi connectivity index (χ4n) is 3.44. The van der Waals surface area contributed by atoms with Crippen molar-refractivity contribution < 1.29 is 0 Å². The summed E-state index contributed by atoms with van der Waals surface area (Å²) in [6, 6.07) is 8.09. The normalized spacial score (nSPS) is 13.4. The number of fused-ring (bicyclic) bond motifs is 3. The third-order valence-corrected chi connectivity index (χ3v) is 7.28. The Morgan fingerprint density at radius 3 is 3.08 bits per heavy atom. The number of aromatic nitrogens is 3. The number of benzene rings is 1. The van der Waals surface area contributed by atoms with Crippen LogP contribution in [0.15, 0.2) is 45.2 Å². The Labute approximate surface area is 166 Å². The number of thiophene rings is 1. The molecular weight excluding hydrogens is 430 g/mol. The Morgan fingerprint density at radius 2 is 2.19 bits per heavy atom. The number of hydrogen-bond donors (Lipinski definition) is 0. The van der Waals surface area contributed by atoms with Crippen LogP contribution in [-0.2, 0) is 19.4 Å². The summed E-state index contributed by atoms with van der Waals surface area (Å²) in [5, 5.41) is 3.80. The molecule has 0 atom stereocenters. The lowest BCUT2D eigenvalue weighted by atomic mass is 10.2. The van der Waals surface area contributed by atoms with Gasteiger partial charge in [0.2, 0.25) is 0 Å². The molecule has 0 spiro atoms. The lowest BCUT2D eigenvalue weighted by molar-refractivity contribution is 0.734. The van der Waals surface area contributed by atoms with Crippen molar-refractivity contribution in [3.63, 3.8) is 0 Å². The van der Waals surface area contributed by atoms with E-state index in [1.165, 1.54) is 10.4 Å². The van der Waals surface area contributed by atoms with Gasteiger partial charge in [-0.25, -0.2) is 9.97 Å². The standard InChI is InChI=1S/C19H14BrN3OS2/c20-12-4-1-3-11(7-12)17-22-13(9-25-17)8-23-10-21-18-16(19(23)24)14-5-2-6-15(14)26-18/h1,3-4,7,9-10H,2,5-6,8H2. The predicted octanol–water partition coefficient (Wildman–Crippen LogP) is 4.88. The van der Waals surface area contributed by atoms with Crippen LogP contribution in [0.1, 0.15) is 22.6 Å². The van der Waals surface area contributed by atoms with Crippen molar-refractivity contribution in [2.24, 2.45) is 0 Å². The molecule has 0 amide bonds. The molecule has 0 radical (unpaired) electrons. The molecule has 0 aliphatic heterocycles. The van der Waals surface area contributed by atoms with Crippen LogP contribution in [0, 0.1) is 0 Å². The highest BCUT2D eigenvalue weighted by Crippen LogP contribution is 2.34. The Bertz CT molecular complexity index is 1190. The minimum atomic E-state index is 0.0615. The molecule has 0 saturated heterocycles. The molecule has 7 heteroatoms. The van der Waals surface area contributed by atoms with Gasteiger partial charge in [-0.1, -0.05) is 28.1 Å². The third-order valence-electron chi connectivity index (χ3n) is 4.65. The number of halogens is 1. The molecular formula is C19H14BrN3OS2. The SMILES string of the molecule is O=c1c2c3c(sc2ncn1Cc1csc(-c2cccc(Br)c2)n1)CCC3. The number of aryl methyl sites for hydroxylation is 2. The van der Waals surface area contributed by atoms with Gasteiger partial charge in [0, 0.05) is 20.3 Å². The molecule has 0 unspecified atom stereocenters. The van der Waals surface area contributed by atoms with E-state index in [0.717, 1.165) is 50.2 Å². The lowest BCUT2D eigenvalue weighted by Gasteiger charge is -2.03. The summed E-state index contributed by atoms with van der Waals surface area (Å²) in [6.45, 7) is 0.455. The largest absolute Gasteiger partial charge is 0.293 e. The molecule has 5 rings (SSSR count). The van der Waals surface area contributed by atoms with Crippen molar-refractivity contribution >= 4 is 48.8 Å². The average molecular weight is 444 g/mol. The first kappa shape index (κ1) is 16.4. The molecule has 0 N–H and O–H groups in total. The first-order valence-corrected chi connectivity index (χ1v) is 10.9. The highest BCUT2D eigenvalue weighted by molar-refractivity contribution is 9.10. The molecule has 4 nitrogen and oxygen atoms in total. The van der Waals surface area contributed by atoms with Crippen molar-refractivity contribution in [3.8, 4) is 10.6 Å². The first-order valence-electron chi connectivity index (χ1n) is 8.39. The quantitative estimate of drug-likeness (QED) is 0.453. The second-order valence-corrected chi connectivity index (χ2v) is 9.23. The van der Waals surface area contributed by atoms with E-state index in [0.29, 0.717) is 6.54 Å². The summed E-state index contributed by atoms with van der Waals surface area (Å²) < 4.78 is 2.72. The summed E-state index contributed by atoms with van der Waals surface area (Å²) in [4.78, 5) is 24.4. The zero-order chi connectivity index (χ0) is 17.7. The second kappa shape index (κ2) is 6.40. The van der Waals surface area contributed by atoms with Gasteiger partial charge in [-0.05, 0) is 37.0 Å². The van der Waals surface area contributed by atoms with Gasteiger partial charge < -0.3 is 0 Å². The first-order chi connectivity index (χ1) is 12.7. The van der Waals surface area contributed by atoms with Crippen molar-refractivity contribution in [2.75, 3.05) is 0 Å². The van der Waals surface area contributed by atoms with Gasteiger partial charge in [0.25, 0.3) is 5.56 Å². The van der Waals surface area contributed by atoms with Crippen LogP contribution in [0.2, 0.25) is 0 Å². The highest BCUT2D eigenvalue weighted by atomic mass is 79.9. The number of nitrogens with zero attached hydrogens (tertiary/aromatic N) is 3. The van der Waals surface area contributed by atoms with Crippen molar-refractivity contribution in [2.45, 2.75) is 25.8 Å². The molecule has 26 heavy (non-hydrogen) atoms. The topological polar surface area (TPSA) is 47.8 Å². The maximum Gasteiger partial charge on any atom is 0.262 e. The predicted molar refractivity (Wildman–Crippen MR) is 110 cm³/mol. The van der Waals surface area contributed by atoms with E-state index in [1.54, 1.807) is 33.6 Å². The van der Waals surface area contributed by atoms with E-state index < -0.39 is 0 Å². The van der Waals surface area contributed by atoms with E-state index in [9.17, 15) is 4.79 Å². The fraction of sp³-hybridized carbons (Fsp3) is 0.211. The van der Waals surface area contributed by atoms with Crippen molar-refractivity contribution in [3.05, 3.63) is 66.9 Å². The maximum atomic E-state index is 13.0. The van der Waals surface area contributed by atoms with E-state index in [1.807, 2.05) is 23.6 Å².